The summed E-state index contributed by atoms with van der Waals surface area (Å²) in [6.45, 7) is 6.67. The maximum atomic E-state index is 9.97. The van der Waals surface area contributed by atoms with Crippen molar-refractivity contribution in [3.8, 4) is 5.75 Å². The van der Waals surface area contributed by atoms with Crippen LogP contribution in [0.25, 0.3) is 0 Å². The zero-order valence-electron chi connectivity index (χ0n) is 11.6. The van der Waals surface area contributed by atoms with E-state index < -0.39 is 6.10 Å². The van der Waals surface area contributed by atoms with Crippen molar-refractivity contribution in [2.45, 2.75) is 33.4 Å². The highest BCUT2D eigenvalue weighted by Gasteiger charge is 2.09. The summed E-state index contributed by atoms with van der Waals surface area (Å²) in [6, 6.07) is 9.79. The number of rotatable bonds is 5. The van der Waals surface area contributed by atoms with Crippen LogP contribution >= 0.6 is 0 Å². The summed E-state index contributed by atoms with van der Waals surface area (Å²) in [7, 11) is 0. The van der Waals surface area contributed by atoms with E-state index in [1.54, 1.807) is 4.68 Å². The molecule has 4 heteroatoms. The highest BCUT2D eigenvalue weighted by atomic mass is 16.5. The summed E-state index contributed by atoms with van der Waals surface area (Å²) < 4.78 is 7.35. The van der Waals surface area contributed by atoms with Crippen molar-refractivity contribution in [1.29, 1.82) is 0 Å². The molecule has 102 valence electrons. The minimum Gasteiger partial charge on any atom is -0.491 e. The second kappa shape index (κ2) is 5.89. The minimum atomic E-state index is -0.570. The third-order valence-corrected chi connectivity index (χ3v) is 2.95. The van der Waals surface area contributed by atoms with Crippen LogP contribution in [0, 0.1) is 20.8 Å². The molecule has 0 bridgehead atoms. The van der Waals surface area contributed by atoms with E-state index in [0.29, 0.717) is 6.54 Å². The Balaban J connectivity index is 1.86. The highest BCUT2D eigenvalue weighted by Crippen LogP contribution is 2.12. The number of aryl methyl sites for hydroxylation is 3. The van der Waals surface area contributed by atoms with Crippen molar-refractivity contribution < 1.29 is 9.84 Å². The van der Waals surface area contributed by atoms with Gasteiger partial charge >= 0.3 is 0 Å². The molecule has 0 saturated carbocycles. The van der Waals surface area contributed by atoms with E-state index in [4.69, 9.17) is 4.74 Å². The number of aromatic nitrogens is 2. The van der Waals surface area contributed by atoms with Gasteiger partial charge in [-0.05, 0) is 39.0 Å². The van der Waals surface area contributed by atoms with Crippen molar-refractivity contribution in [3.05, 3.63) is 47.3 Å². The molecule has 0 amide bonds. The molecular weight excluding hydrogens is 240 g/mol. The predicted molar refractivity (Wildman–Crippen MR) is 74.4 cm³/mol. The van der Waals surface area contributed by atoms with Crippen molar-refractivity contribution in [2.75, 3.05) is 6.61 Å². The Kier molecular flexibility index (Phi) is 4.22. The first-order valence-electron chi connectivity index (χ1n) is 6.43. The van der Waals surface area contributed by atoms with Gasteiger partial charge in [0.15, 0.2) is 0 Å². The van der Waals surface area contributed by atoms with Crippen LogP contribution in [0.4, 0.5) is 0 Å². The van der Waals surface area contributed by atoms with Crippen molar-refractivity contribution in [1.82, 2.24) is 9.78 Å². The van der Waals surface area contributed by atoms with Crippen LogP contribution < -0.4 is 4.74 Å². The molecule has 2 rings (SSSR count). The van der Waals surface area contributed by atoms with Gasteiger partial charge in [0.2, 0.25) is 0 Å². The highest BCUT2D eigenvalue weighted by molar-refractivity contribution is 5.26. The molecule has 1 aromatic carbocycles. The van der Waals surface area contributed by atoms with Crippen molar-refractivity contribution in [2.24, 2.45) is 0 Å². The van der Waals surface area contributed by atoms with Gasteiger partial charge in [0.1, 0.15) is 18.5 Å². The van der Waals surface area contributed by atoms with Gasteiger partial charge in [-0.25, -0.2) is 0 Å². The molecule has 0 radical (unpaired) electrons. The van der Waals surface area contributed by atoms with Crippen LogP contribution in [0.15, 0.2) is 30.3 Å². The summed E-state index contributed by atoms with van der Waals surface area (Å²) >= 11 is 0. The molecule has 1 N–H and O–H groups in total. The van der Waals surface area contributed by atoms with Crippen LogP contribution in [0.5, 0.6) is 5.75 Å². The van der Waals surface area contributed by atoms with Gasteiger partial charge in [0, 0.05) is 5.69 Å². The SMILES string of the molecule is Cc1ccc(OC[C@H](O)Cn2nc(C)cc2C)cc1. The molecule has 1 aromatic heterocycles. The first kappa shape index (κ1) is 13.6. The second-order valence-electron chi connectivity index (χ2n) is 4.89. The molecule has 0 saturated heterocycles. The van der Waals surface area contributed by atoms with Crippen LogP contribution in [0.3, 0.4) is 0 Å². The molecule has 19 heavy (non-hydrogen) atoms. The summed E-state index contributed by atoms with van der Waals surface area (Å²) in [5, 5.41) is 14.3. The molecule has 0 unspecified atom stereocenters. The standard InChI is InChI=1S/C15H20N2O2/c1-11-4-6-15(7-5-11)19-10-14(18)9-17-13(3)8-12(2)16-17/h4-8,14,18H,9-10H2,1-3H3/t14-/m1/s1. The van der Waals surface area contributed by atoms with Gasteiger partial charge in [0.25, 0.3) is 0 Å². The number of aliphatic hydroxyl groups is 1. The molecule has 0 aliphatic rings. The number of ether oxygens (including phenoxy) is 1. The van der Waals surface area contributed by atoms with Crippen LogP contribution in [0.2, 0.25) is 0 Å². The topological polar surface area (TPSA) is 47.3 Å². The number of benzene rings is 1. The molecule has 2 aromatic rings. The lowest BCUT2D eigenvalue weighted by molar-refractivity contribution is 0.0887. The lowest BCUT2D eigenvalue weighted by atomic mass is 10.2. The average molecular weight is 260 g/mol. The van der Waals surface area contributed by atoms with E-state index in [1.165, 1.54) is 5.56 Å². The fourth-order valence-corrected chi connectivity index (χ4v) is 1.94. The largest absolute Gasteiger partial charge is 0.491 e. The van der Waals surface area contributed by atoms with Gasteiger partial charge in [0.05, 0.1) is 12.2 Å². The van der Waals surface area contributed by atoms with E-state index in [-0.39, 0.29) is 6.61 Å². The van der Waals surface area contributed by atoms with Crippen LogP contribution in [-0.2, 0) is 6.54 Å². The molecular formula is C15H20N2O2. The fraction of sp³-hybridized carbons (Fsp3) is 0.400. The Morgan fingerprint density at radius 2 is 1.89 bits per heavy atom. The summed E-state index contributed by atoms with van der Waals surface area (Å²) in [6.07, 6.45) is -0.570. The lowest BCUT2D eigenvalue weighted by Gasteiger charge is -2.13. The van der Waals surface area contributed by atoms with E-state index in [2.05, 4.69) is 5.10 Å². The quantitative estimate of drug-likeness (QED) is 0.897. The Morgan fingerprint density at radius 1 is 1.21 bits per heavy atom. The third-order valence-electron chi connectivity index (χ3n) is 2.95. The van der Waals surface area contributed by atoms with E-state index >= 15 is 0 Å². The smallest absolute Gasteiger partial charge is 0.119 e. The average Bonchev–Trinajstić information content (AvgIpc) is 2.67. The van der Waals surface area contributed by atoms with E-state index in [9.17, 15) is 5.11 Å². The Labute approximate surface area is 113 Å². The minimum absolute atomic E-state index is 0.265. The number of aliphatic hydroxyl groups excluding tert-OH is 1. The summed E-state index contributed by atoms with van der Waals surface area (Å²) in [5.41, 5.74) is 3.20. The molecule has 1 atom stereocenters. The number of hydrogen-bond donors (Lipinski definition) is 1. The molecule has 1 heterocycles. The first-order valence-corrected chi connectivity index (χ1v) is 6.43. The van der Waals surface area contributed by atoms with Crippen molar-refractivity contribution in [3.63, 3.8) is 0 Å². The lowest BCUT2D eigenvalue weighted by Crippen LogP contribution is -2.24. The molecule has 0 aliphatic carbocycles. The fourth-order valence-electron chi connectivity index (χ4n) is 1.94. The van der Waals surface area contributed by atoms with Crippen molar-refractivity contribution >= 4 is 0 Å². The number of nitrogens with zero attached hydrogens (tertiary/aromatic N) is 2. The van der Waals surface area contributed by atoms with E-state index in [1.807, 2.05) is 51.1 Å². The Morgan fingerprint density at radius 3 is 2.47 bits per heavy atom. The van der Waals surface area contributed by atoms with E-state index in [0.717, 1.165) is 17.1 Å². The molecule has 0 fully saturated rings. The summed E-state index contributed by atoms with van der Waals surface area (Å²) in [5.74, 6) is 0.776. The monoisotopic (exact) mass is 260 g/mol. The zero-order chi connectivity index (χ0) is 13.8. The van der Waals surface area contributed by atoms with Gasteiger partial charge in [-0.1, -0.05) is 17.7 Å². The molecule has 0 spiro atoms. The first-order chi connectivity index (χ1) is 9.04. The maximum absolute atomic E-state index is 9.97. The predicted octanol–water partition coefficient (Wildman–Crippen LogP) is 2.25. The van der Waals surface area contributed by atoms with Gasteiger partial charge in [-0.2, -0.15) is 5.10 Å². The van der Waals surface area contributed by atoms with Gasteiger partial charge in [-0.3, -0.25) is 4.68 Å². The van der Waals surface area contributed by atoms with Crippen LogP contribution in [-0.4, -0.2) is 27.6 Å². The summed E-state index contributed by atoms with van der Waals surface area (Å²) in [4.78, 5) is 0. The van der Waals surface area contributed by atoms with Gasteiger partial charge in [-0.15, -0.1) is 0 Å². The number of hydrogen-bond acceptors (Lipinski definition) is 3. The van der Waals surface area contributed by atoms with Gasteiger partial charge < -0.3 is 9.84 Å². The molecule has 0 aliphatic heterocycles. The van der Waals surface area contributed by atoms with Crippen LogP contribution in [0.1, 0.15) is 17.0 Å². The molecule has 4 nitrogen and oxygen atoms in total. The Hall–Kier alpha value is -1.81. The normalized spacial score (nSPS) is 12.4. The Bertz CT molecular complexity index is 532. The zero-order valence-corrected chi connectivity index (χ0v) is 11.6. The second-order valence-corrected chi connectivity index (χ2v) is 4.89. The maximum Gasteiger partial charge on any atom is 0.119 e. The third kappa shape index (κ3) is 3.83.